The lowest BCUT2D eigenvalue weighted by Crippen LogP contribution is -2.24. The predicted molar refractivity (Wildman–Crippen MR) is 61.4 cm³/mol. The van der Waals surface area contributed by atoms with E-state index < -0.39 is 0 Å². The molecule has 1 atom stereocenters. The van der Waals surface area contributed by atoms with Crippen LogP contribution in [0.25, 0.3) is 0 Å². The average molecular weight is 245 g/mol. The second kappa shape index (κ2) is 4.39. The minimum Gasteiger partial charge on any atom is -0.256 e. The van der Waals surface area contributed by atoms with Gasteiger partial charge in [0.15, 0.2) is 0 Å². The van der Waals surface area contributed by atoms with Crippen molar-refractivity contribution in [2.24, 2.45) is 5.10 Å². The molecule has 3 nitrogen and oxygen atoms in total. The van der Waals surface area contributed by atoms with E-state index in [4.69, 9.17) is 28.0 Å². The molecule has 2 rings (SSSR count). The van der Waals surface area contributed by atoms with Crippen molar-refractivity contribution >= 4 is 29.4 Å². The number of hydrogen-bond acceptors (Lipinski definition) is 3. The fourth-order valence-electron chi connectivity index (χ4n) is 1.41. The second-order valence-corrected chi connectivity index (χ2v) is 4.14. The average Bonchev–Trinajstić information content (AvgIpc) is 2.20. The third-order valence-corrected chi connectivity index (χ3v) is 2.77. The quantitative estimate of drug-likeness (QED) is 0.759. The highest BCUT2D eigenvalue weighted by Gasteiger charge is 2.17. The molecule has 1 aliphatic rings. The molecule has 15 heavy (non-hydrogen) atoms. The van der Waals surface area contributed by atoms with Crippen molar-refractivity contribution in [1.29, 1.82) is 0 Å². The van der Waals surface area contributed by atoms with Crippen LogP contribution in [0, 0.1) is 0 Å². The molecule has 1 heterocycles. The van der Waals surface area contributed by atoms with Crippen LogP contribution in [0.4, 0.5) is 0 Å². The summed E-state index contributed by atoms with van der Waals surface area (Å²) in [5, 5.41) is 6.76. The van der Waals surface area contributed by atoms with Gasteiger partial charge in [0.25, 0.3) is 0 Å². The normalized spacial score (nSPS) is 20.7. The van der Waals surface area contributed by atoms with Crippen LogP contribution >= 0.6 is 23.2 Å². The first kappa shape index (κ1) is 10.7. The summed E-state index contributed by atoms with van der Waals surface area (Å²) in [7, 11) is 1.75. The van der Waals surface area contributed by atoms with Crippen LogP contribution in [0.2, 0.25) is 10.0 Å². The molecule has 0 aromatic heterocycles. The molecule has 80 valence electrons. The van der Waals surface area contributed by atoms with Gasteiger partial charge in [0.1, 0.15) is 0 Å². The van der Waals surface area contributed by atoms with Gasteiger partial charge >= 0.3 is 0 Å². The Morgan fingerprint density at radius 1 is 1.47 bits per heavy atom. The minimum atomic E-state index is 0.0889. The topological polar surface area (TPSA) is 24.8 Å². The van der Waals surface area contributed by atoms with Crippen LogP contribution in [0.3, 0.4) is 0 Å². The first-order valence-electron chi connectivity index (χ1n) is 4.52. The Bertz CT molecular complexity index is 395. The first-order chi connectivity index (χ1) is 7.16. The van der Waals surface area contributed by atoms with E-state index in [2.05, 4.69) is 5.10 Å². The molecule has 1 aromatic carbocycles. The lowest BCUT2D eigenvalue weighted by Gasteiger charge is -2.23. The van der Waals surface area contributed by atoms with Gasteiger partial charge in [0.2, 0.25) is 0 Å². The molecule has 0 fully saturated rings. The van der Waals surface area contributed by atoms with Gasteiger partial charge in [-0.3, -0.25) is 4.84 Å². The van der Waals surface area contributed by atoms with Crippen LogP contribution in [0.1, 0.15) is 11.5 Å². The highest BCUT2D eigenvalue weighted by atomic mass is 35.5. The predicted octanol–water partition coefficient (Wildman–Crippen LogP) is 2.94. The summed E-state index contributed by atoms with van der Waals surface area (Å²) in [6.45, 7) is 0.543. The van der Waals surface area contributed by atoms with Crippen molar-refractivity contribution in [3.8, 4) is 0 Å². The highest BCUT2D eigenvalue weighted by molar-refractivity contribution is 6.35. The van der Waals surface area contributed by atoms with Gasteiger partial charge in [-0.05, 0) is 17.7 Å². The zero-order valence-electron chi connectivity index (χ0n) is 8.15. The molecule has 0 bridgehead atoms. The summed E-state index contributed by atoms with van der Waals surface area (Å²) in [5.74, 6) is 0.0889. The summed E-state index contributed by atoms with van der Waals surface area (Å²) in [6, 6.07) is 5.44. The van der Waals surface area contributed by atoms with Crippen LogP contribution in [-0.4, -0.2) is 25.0 Å². The summed E-state index contributed by atoms with van der Waals surface area (Å²) < 4.78 is 0. The van der Waals surface area contributed by atoms with Gasteiger partial charge in [0.05, 0.1) is 13.7 Å². The number of benzene rings is 1. The van der Waals surface area contributed by atoms with E-state index in [-0.39, 0.29) is 5.92 Å². The van der Waals surface area contributed by atoms with Gasteiger partial charge in [-0.2, -0.15) is 10.3 Å². The molecule has 0 saturated carbocycles. The van der Waals surface area contributed by atoms with Crippen LogP contribution < -0.4 is 0 Å². The van der Waals surface area contributed by atoms with Crippen molar-refractivity contribution in [3.05, 3.63) is 33.8 Å². The SMILES string of the molecule is CN1N=CC(c2ccc(Cl)cc2Cl)CO1. The molecule has 5 heteroatoms. The fourth-order valence-corrected chi connectivity index (χ4v) is 1.96. The van der Waals surface area contributed by atoms with Gasteiger partial charge in [-0.1, -0.05) is 29.3 Å². The molecule has 1 aromatic rings. The van der Waals surface area contributed by atoms with Crippen molar-refractivity contribution in [2.45, 2.75) is 5.92 Å². The number of hydrogen-bond donors (Lipinski definition) is 0. The monoisotopic (exact) mass is 244 g/mol. The van der Waals surface area contributed by atoms with Gasteiger partial charge in [-0.15, -0.1) is 0 Å². The zero-order chi connectivity index (χ0) is 10.8. The summed E-state index contributed by atoms with van der Waals surface area (Å²) >= 11 is 11.9. The molecule has 1 unspecified atom stereocenters. The number of nitrogens with zero attached hydrogens (tertiary/aromatic N) is 2. The Labute approximate surface area is 98.2 Å². The van der Waals surface area contributed by atoms with Crippen molar-refractivity contribution in [1.82, 2.24) is 5.17 Å². The lowest BCUT2D eigenvalue weighted by molar-refractivity contribution is -0.147. The van der Waals surface area contributed by atoms with Crippen LogP contribution in [0.15, 0.2) is 23.3 Å². The Balaban J connectivity index is 2.26. The maximum Gasteiger partial charge on any atom is 0.0886 e. The Hall–Kier alpha value is -0.770. The zero-order valence-corrected chi connectivity index (χ0v) is 9.66. The summed E-state index contributed by atoms with van der Waals surface area (Å²) in [6.07, 6.45) is 1.82. The van der Waals surface area contributed by atoms with Gasteiger partial charge in [-0.25, -0.2) is 0 Å². The van der Waals surface area contributed by atoms with E-state index in [1.807, 2.05) is 18.3 Å². The molecule has 0 radical (unpaired) electrons. The molecule has 0 N–H and O–H groups in total. The number of rotatable bonds is 1. The molecular formula is C10H10Cl2N2O. The smallest absolute Gasteiger partial charge is 0.0886 e. The van der Waals surface area contributed by atoms with Crippen molar-refractivity contribution in [2.75, 3.05) is 13.7 Å². The fraction of sp³-hybridized carbons (Fsp3) is 0.300. The number of hydrazone groups is 1. The second-order valence-electron chi connectivity index (χ2n) is 3.30. The maximum absolute atomic E-state index is 6.08. The number of halogens is 2. The first-order valence-corrected chi connectivity index (χ1v) is 5.28. The highest BCUT2D eigenvalue weighted by Crippen LogP contribution is 2.28. The number of hydroxylamine groups is 1. The summed E-state index contributed by atoms with van der Waals surface area (Å²) in [4.78, 5) is 5.27. The molecular weight excluding hydrogens is 235 g/mol. The maximum atomic E-state index is 6.08. The van der Waals surface area contributed by atoms with Crippen molar-refractivity contribution < 1.29 is 4.84 Å². The van der Waals surface area contributed by atoms with E-state index in [0.717, 1.165) is 5.56 Å². The van der Waals surface area contributed by atoms with E-state index >= 15 is 0 Å². The lowest BCUT2D eigenvalue weighted by atomic mass is 10.0. The largest absolute Gasteiger partial charge is 0.256 e. The van der Waals surface area contributed by atoms with Crippen LogP contribution in [-0.2, 0) is 4.84 Å². The standard InChI is InChI=1S/C10H10Cl2N2O/c1-14-13-5-7(6-15-14)9-3-2-8(11)4-10(9)12/h2-5,7H,6H2,1H3. The third kappa shape index (κ3) is 2.43. The third-order valence-electron chi connectivity index (χ3n) is 2.21. The molecule has 0 saturated heterocycles. The van der Waals surface area contributed by atoms with E-state index in [1.54, 1.807) is 13.1 Å². The van der Waals surface area contributed by atoms with E-state index in [9.17, 15) is 0 Å². The molecule has 0 amide bonds. The molecule has 0 aliphatic carbocycles. The molecule has 0 spiro atoms. The minimum absolute atomic E-state index is 0.0889. The van der Waals surface area contributed by atoms with Gasteiger partial charge in [0, 0.05) is 22.2 Å². The van der Waals surface area contributed by atoms with E-state index in [0.29, 0.717) is 16.7 Å². The van der Waals surface area contributed by atoms with Crippen LogP contribution in [0.5, 0.6) is 0 Å². The molecule has 1 aliphatic heterocycles. The van der Waals surface area contributed by atoms with Crippen molar-refractivity contribution in [3.63, 3.8) is 0 Å². The Morgan fingerprint density at radius 2 is 2.27 bits per heavy atom. The van der Waals surface area contributed by atoms with E-state index in [1.165, 1.54) is 5.17 Å². The van der Waals surface area contributed by atoms with Gasteiger partial charge < -0.3 is 0 Å². The summed E-state index contributed by atoms with van der Waals surface area (Å²) in [5.41, 5.74) is 0.984. The Morgan fingerprint density at radius 3 is 2.87 bits per heavy atom. The Kier molecular flexibility index (Phi) is 3.14.